The number of nitriles is 1. The number of fused-ring (bicyclic) bond motifs is 4. The molecule has 0 bridgehead atoms. The summed E-state index contributed by atoms with van der Waals surface area (Å²) in [4.78, 5) is 24.9. The van der Waals surface area contributed by atoms with Gasteiger partial charge in [0.2, 0.25) is 0 Å². The van der Waals surface area contributed by atoms with Crippen LogP contribution in [0.2, 0.25) is 0 Å². The van der Waals surface area contributed by atoms with E-state index in [9.17, 15) is 10.1 Å². The summed E-state index contributed by atoms with van der Waals surface area (Å²) in [5.41, 5.74) is 3.02. The predicted molar refractivity (Wildman–Crippen MR) is 141 cm³/mol. The highest BCUT2D eigenvalue weighted by Gasteiger charge is 2.48. The largest absolute Gasteiger partial charge is 0.361 e. The van der Waals surface area contributed by atoms with E-state index in [1.54, 1.807) is 0 Å². The van der Waals surface area contributed by atoms with E-state index >= 15 is 0 Å². The van der Waals surface area contributed by atoms with E-state index in [1.807, 2.05) is 99.8 Å². The quantitative estimate of drug-likeness (QED) is 0.473. The number of nitrogens with zero attached hydrogens (tertiary/aromatic N) is 4. The summed E-state index contributed by atoms with van der Waals surface area (Å²) in [5.74, 6) is -0.198. The number of anilines is 3. The van der Waals surface area contributed by atoms with Crippen LogP contribution in [0.5, 0.6) is 0 Å². The van der Waals surface area contributed by atoms with Crippen molar-refractivity contribution in [3.63, 3.8) is 0 Å². The van der Waals surface area contributed by atoms with Crippen molar-refractivity contribution in [2.24, 2.45) is 10.4 Å². The van der Waals surface area contributed by atoms with Crippen molar-refractivity contribution in [3.8, 4) is 6.07 Å². The Labute approximate surface area is 209 Å². The Hall–Kier alpha value is -4.50. The fourth-order valence-corrected chi connectivity index (χ4v) is 5.15. The second-order valence-corrected chi connectivity index (χ2v) is 10.1. The molecule has 6 rings (SSSR count). The standard InChI is InChI=1S/C30H25N5O/c1-29(2,18-31)20-12-14-21(15-13-20)35-26-22-9-5-7-11-24(22)32-17-25(26)33-27(35)30(3)16-19-8-4-6-10-23(19)34-28(30)36/h4-17,27,33H,1-3H3. The maximum atomic E-state index is 13.6. The molecule has 3 aromatic carbocycles. The van der Waals surface area contributed by atoms with Crippen LogP contribution in [0.15, 0.2) is 84.0 Å². The number of amides is 1. The lowest BCUT2D eigenvalue weighted by Gasteiger charge is -2.38. The van der Waals surface area contributed by atoms with E-state index in [0.717, 1.165) is 38.7 Å². The van der Waals surface area contributed by atoms with Crippen LogP contribution in [0, 0.1) is 16.7 Å². The van der Waals surface area contributed by atoms with Gasteiger partial charge in [0.25, 0.3) is 5.91 Å². The average molecular weight is 472 g/mol. The normalized spacial score (nSPS) is 20.6. The second kappa shape index (κ2) is 7.76. The lowest BCUT2D eigenvalue weighted by atomic mass is 9.82. The van der Waals surface area contributed by atoms with E-state index in [1.165, 1.54) is 0 Å². The summed E-state index contributed by atoms with van der Waals surface area (Å²) in [6.45, 7) is 5.76. The zero-order chi connectivity index (χ0) is 25.1. The molecular formula is C30H25N5O. The van der Waals surface area contributed by atoms with Gasteiger partial charge in [-0.25, -0.2) is 4.99 Å². The number of hydrogen-bond acceptors (Lipinski definition) is 5. The van der Waals surface area contributed by atoms with Crippen LogP contribution in [0.25, 0.3) is 17.0 Å². The zero-order valence-electron chi connectivity index (χ0n) is 20.4. The van der Waals surface area contributed by atoms with Gasteiger partial charge in [0, 0.05) is 11.1 Å². The van der Waals surface area contributed by atoms with Crippen molar-refractivity contribution in [1.82, 2.24) is 4.98 Å². The smallest absolute Gasteiger partial charge is 0.260 e. The summed E-state index contributed by atoms with van der Waals surface area (Å²) in [7, 11) is 0. The molecule has 36 heavy (non-hydrogen) atoms. The third kappa shape index (κ3) is 3.20. The van der Waals surface area contributed by atoms with Gasteiger partial charge in [-0.3, -0.25) is 9.78 Å². The molecule has 1 amide bonds. The third-order valence-electron chi connectivity index (χ3n) is 7.33. The van der Waals surface area contributed by atoms with Gasteiger partial charge >= 0.3 is 0 Å². The fraction of sp³-hybridized carbons (Fsp3) is 0.200. The third-order valence-corrected chi connectivity index (χ3v) is 7.33. The predicted octanol–water partition coefficient (Wildman–Crippen LogP) is 4.57. The molecule has 0 radical (unpaired) electrons. The molecule has 1 N–H and O–H groups in total. The van der Waals surface area contributed by atoms with Gasteiger partial charge in [0.1, 0.15) is 11.6 Å². The highest BCUT2D eigenvalue weighted by molar-refractivity contribution is 6.04. The number of pyridine rings is 1. The Kier molecular flexibility index (Phi) is 4.74. The van der Waals surface area contributed by atoms with Gasteiger partial charge in [-0.05, 0) is 55.8 Å². The molecule has 0 aliphatic carbocycles. The topological polar surface area (TPSA) is 81.4 Å². The van der Waals surface area contributed by atoms with Crippen molar-refractivity contribution in [1.29, 1.82) is 5.26 Å². The molecule has 0 spiro atoms. The van der Waals surface area contributed by atoms with E-state index in [2.05, 4.69) is 32.3 Å². The van der Waals surface area contributed by atoms with Gasteiger partial charge in [-0.1, -0.05) is 54.6 Å². The molecule has 2 aliphatic rings. The van der Waals surface area contributed by atoms with Crippen LogP contribution < -0.4 is 20.8 Å². The number of benzene rings is 3. The zero-order valence-corrected chi connectivity index (χ0v) is 20.4. The molecule has 0 saturated carbocycles. The van der Waals surface area contributed by atoms with Crippen LogP contribution in [-0.2, 0) is 10.2 Å². The maximum absolute atomic E-state index is 13.6. The Bertz CT molecular complexity index is 1700. The van der Waals surface area contributed by atoms with Crippen LogP contribution in [0.4, 0.5) is 17.1 Å². The average Bonchev–Trinajstić information content (AvgIpc) is 3.30. The van der Waals surface area contributed by atoms with Crippen molar-refractivity contribution < 1.29 is 4.79 Å². The molecule has 3 heterocycles. The molecular weight excluding hydrogens is 446 g/mol. The SMILES string of the molecule is CC(C)(C#N)c1ccc(N2c3c(cnc4ccccc34)NC2C2(C)C=c3ccccc3=NC2=O)cc1. The van der Waals surface area contributed by atoms with Crippen LogP contribution in [0.1, 0.15) is 26.3 Å². The van der Waals surface area contributed by atoms with Gasteiger partial charge in [0.05, 0.1) is 39.9 Å². The number of rotatable bonds is 3. The number of carbonyl (C=O) groups excluding carboxylic acids is 1. The summed E-state index contributed by atoms with van der Waals surface area (Å²) < 4.78 is 0. The Balaban J connectivity index is 1.57. The Morgan fingerprint density at radius 2 is 1.75 bits per heavy atom. The van der Waals surface area contributed by atoms with Gasteiger partial charge in [0.15, 0.2) is 0 Å². The molecule has 6 nitrogen and oxygen atoms in total. The molecule has 0 fully saturated rings. The highest BCUT2D eigenvalue weighted by Crippen LogP contribution is 2.49. The number of aromatic nitrogens is 1. The second-order valence-electron chi connectivity index (χ2n) is 10.1. The van der Waals surface area contributed by atoms with Crippen molar-refractivity contribution in [2.45, 2.75) is 32.4 Å². The van der Waals surface area contributed by atoms with Gasteiger partial charge < -0.3 is 10.2 Å². The van der Waals surface area contributed by atoms with Crippen LogP contribution >= 0.6 is 0 Å². The molecule has 2 atom stereocenters. The highest BCUT2D eigenvalue weighted by atomic mass is 16.1. The van der Waals surface area contributed by atoms with E-state index < -0.39 is 17.0 Å². The molecule has 2 unspecified atom stereocenters. The Morgan fingerprint density at radius 3 is 2.53 bits per heavy atom. The maximum Gasteiger partial charge on any atom is 0.260 e. The number of nitrogens with one attached hydrogen (secondary N) is 1. The number of hydrogen-bond donors (Lipinski definition) is 1. The molecule has 0 saturated heterocycles. The van der Waals surface area contributed by atoms with E-state index in [-0.39, 0.29) is 5.91 Å². The minimum atomic E-state index is -0.945. The fourth-order valence-electron chi connectivity index (χ4n) is 5.15. The minimum Gasteiger partial charge on any atom is -0.361 e. The number of carbonyl (C=O) groups is 1. The molecule has 1 aromatic heterocycles. The molecule has 2 aliphatic heterocycles. The molecule has 6 heteroatoms. The summed E-state index contributed by atoms with van der Waals surface area (Å²) in [5, 5.41) is 15.8. The summed E-state index contributed by atoms with van der Waals surface area (Å²) >= 11 is 0. The minimum absolute atomic E-state index is 0.198. The van der Waals surface area contributed by atoms with Crippen LogP contribution in [-0.4, -0.2) is 17.1 Å². The van der Waals surface area contributed by atoms with Crippen LogP contribution in [0.3, 0.4) is 0 Å². The Morgan fingerprint density at radius 1 is 1.03 bits per heavy atom. The monoisotopic (exact) mass is 471 g/mol. The first-order valence-corrected chi connectivity index (χ1v) is 12.0. The first kappa shape index (κ1) is 22.0. The summed E-state index contributed by atoms with van der Waals surface area (Å²) in [6.07, 6.45) is 3.43. The van der Waals surface area contributed by atoms with E-state index in [4.69, 9.17) is 0 Å². The van der Waals surface area contributed by atoms with Crippen molar-refractivity contribution in [3.05, 3.63) is 95.1 Å². The first-order chi connectivity index (χ1) is 17.3. The van der Waals surface area contributed by atoms with Gasteiger partial charge in [-0.2, -0.15) is 5.26 Å². The lowest BCUT2D eigenvalue weighted by molar-refractivity contribution is -0.124. The summed E-state index contributed by atoms with van der Waals surface area (Å²) in [6, 6.07) is 26.1. The first-order valence-electron chi connectivity index (χ1n) is 12.0. The van der Waals surface area contributed by atoms with Crippen molar-refractivity contribution in [2.75, 3.05) is 10.2 Å². The van der Waals surface area contributed by atoms with Crippen molar-refractivity contribution >= 4 is 39.9 Å². The van der Waals surface area contributed by atoms with Gasteiger partial charge in [-0.15, -0.1) is 0 Å². The number of para-hydroxylation sites is 2. The van der Waals surface area contributed by atoms with E-state index in [0.29, 0.717) is 5.36 Å². The molecule has 176 valence electrons. The molecule has 4 aromatic rings. The lowest BCUT2D eigenvalue weighted by Crippen LogP contribution is -2.53.